The van der Waals surface area contributed by atoms with Gasteiger partial charge in [0.25, 0.3) is 5.91 Å². The Balaban J connectivity index is 1.77. The van der Waals surface area contributed by atoms with Gasteiger partial charge < -0.3 is 0 Å². The maximum absolute atomic E-state index is 11.8. The highest BCUT2D eigenvalue weighted by Crippen LogP contribution is 2.21. The summed E-state index contributed by atoms with van der Waals surface area (Å²) in [6.45, 7) is 4.03. The summed E-state index contributed by atoms with van der Waals surface area (Å²) < 4.78 is 2.08. The van der Waals surface area contributed by atoms with Gasteiger partial charge in [-0.2, -0.15) is 5.10 Å². The number of carbonyl (C=O) groups excluding carboxylic acids is 1. The zero-order valence-electron chi connectivity index (χ0n) is 12.1. The first-order chi connectivity index (χ1) is 10.7. The van der Waals surface area contributed by atoms with E-state index in [-0.39, 0.29) is 5.91 Å². The molecule has 0 bridgehead atoms. The van der Waals surface area contributed by atoms with Crippen LogP contribution in [0.5, 0.6) is 0 Å². The third kappa shape index (κ3) is 2.86. The van der Waals surface area contributed by atoms with Crippen LogP contribution >= 0.6 is 22.7 Å². The standard InChI is InChI=1S/C15H14N4OS2/c1-10-8-12(11(2)19(10)15-16-5-7-22-15)9-17-18-14(20)13-4-3-6-21-13/h3-9H,1-2H3,(H,18,20)/b17-9-. The second kappa shape index (κ2) is 6.25. The van der Waals surface area contributed by atoms with Gasteiger partial charge in [0.1, 0.15) is 0 Å². The van der Waals surface area contributed by atoms with Gasteiger partial charge in [0, 0.05) is 28.5 Å². The first-order valence-corrected chi connectivity index (χ1v) is 8.38. The van der Waals surface area contributed by atoms with Crippen LogP contribution in [0.2, 0.25) is 0 Å². The predicted octanol–water partition coefficient (Wildman–Crippen LogP) is 3.38. The summed E-state index contributed by atoms with van der Waals surface area (Å²) in [6, 6.07) is 5.63. The fourth-order valence-electron chi connectivity index (χ4n) is 2.16. The van der Waals surface area contributed by atoms with Gasteiger partial charge in [-0.25, -0.2) is 10.4 Å². The van der Waals surface area contributed by atoms with Crippen molar-refractivity contribution in [2.75, 3.05) is 0 Å². The smallest absolute Gasteiger partial charge is 0.281 e. The lowest BCUT2D eigenvalue weighted by molar-refractivity contribution is 0.0959. The van der Waals surface area contributed by atoms with E-state index in [0.717, 1.165) is 22.1 Å². The summed E-state index contributed by atoms with van der Waals surface area (Å²) in [5.41, 5.74) is 5.63. The zero-order valence-corrected chi connectivity index (χ0v) is 13.7. The average molecular weight is 330 g/mol. The van der Waals surface area contributed by atoms with Gasteiger partial charge >= 0.3 is 0 Å². The van der Waals surface area contributed by atoms with Crippen LogP contribution in [0.15, 0.2) is 40.3 Å². The van der Waals surface area contributed by atoms with Crippen LogP contribution in [0.4, 0.5) is 0 Å². The van der Waals surface area contributed by atoms with Crippen molar-refractivity contribution in [3.05, 3.63) is 57.0 Å². The van der Waals surface area contributed by atoms with Gasteiger partial charge in [0.2, 0.25) is 0 Å². The van der Waals surface area contributed by atoms with E-state index in [4.69, 9.17) is 0 Å². The molecule has 3 aromatic rings. The molecule has 22 heavy (non-hydrogen) atoms. The van der Waals surface area contributed by atoms with Crippen molar-refractivity contribution in [3.63, 3.8) is 0 Å². The number of hydrogen-bond donors (Lipinski definition) is 1. The molecule has 112 valence electrons. The molecule has 0 aliphatic rings. The van der Waals surface area contributed by atoms with Crippen molar-refractivity contribution in [2.45, 2.75) is 13.8 Å². The minimum atomic E-state index is -0.194. The Morgan fingerprint density at radius 2 is 2.23 bits per heavy atom. The summed E-state index contributed by atoms with van der Waals surface area (Å²) in [7, 11) is 0. The lowest BCUT2D eigenvalue weighted by atomic mass is 10.3. The molecule has 0 saturated carbocycles. The molecule has 3 rings (SSSR count). The van der Waals surface area contributed by atoms with Crippen molar-refractivity contribution < 1.29 is 4.79 Å². The molecule has 0 aliphatic heterocycles. The molecule has 3 heterocycles. The second-order valence-electron chi connectivity index (χ2n) is 4.65. The molecule has 0 fully saturated rings. The third-order valence-corrected chi connectivity index (χ3v) is 4.82. The van der Waals surface area contributed by atoms with E-state index < -0.39 is 0 Å². The molecule has 1 N–H and O–H groups in total. The quantitative estimate of drug-likeness (QED) is 0.589. The van der Waals surface area contributed by atoms with Gasteiger partial charge in [-0.15, -0.1) is 22.7 Å². The Morgan fingerprint density at radius 1 is 1.36 bits per heavy atom. The summed E-state index contributed by atoms with van der Waals surface area (Å²) >= 11 is 2.97. The van der Waals surface area contributed by atoms with E-state index >= 15 is 0 Å². The van der Waals surface area contributed by atoms with E-state index in [1.54, 1.807) is 29.8 Å². The number of hydrogen-bond acceptors (Lipinski definition) is 5. The lowest BCUT2D eigenvalue weighted by Gasteiger charge is -2.04. The molecule has 0 atom stereocenters. The fourth-order valence-corrected chi connectivity index (χ4v) is 3.53. The van der Waals surface area contributed by atoms with E-state index in [2.05, 4.69) is 20.1 Å². The molecule has 0 radical (unpaired) electrons. The third-order valence-electron chi connectivity index (χ3n) is 3.20. The summed E-state index contributed by atoms with van der Waals surface area (Å²) in [4.78, 5) is 16.8. The molecule has 1 amide bonds. The summed E-state index contributed by atoms with van der Waals surface area (Å²) in [6.07, 6.45) is 3.45. The molecule has 3 aromatic heterocycles. The maximum atomic E-state index is 11.8. The van der Waals surface area contributed by atoms with E-state index in [9.17, 15) is 4.79 Å². The van der Waals surface area contributed by atoms with Crippen LogP contribution in [0, 0.1) is 13.8 Å². The minimum absolute atomic E-state index is 0.194. The molecule has 0 unspecified atom stereocenters. The minimum Gasteiger partial charge on any atom is -0.294 e. The highest BCUT2D eigenvalue weighted by molar-refractivity contribution is 7.12. The number of nitrogens with one attached hydrogen (secondary N) is 1. The Morgan fingerprint density at radius 3 is 2.91 bits per heavy atom. The van der Waals surface area contributed by atoms with Gasteiger partial charge in [-0.1, -0.05) is 6.07 Å². The number of rotatable bonds is 4. The molecule has 0 aliphatic carbocycles. The van der Waals surface area contributed by atoms with Gasteiger partial charge in [0.05, 0.1) is 11.1 Å². The van der Waals surface area contributed by atoms with E-state index in [1.165, 1.54) is 11.3 Å². The normalized spacial score (nSPS) is 11.2. The van der Waals surface area contributed by atoms with E-state index in [1.807, 2.05) is 36.7 Å². The molecular weight excluding hydrogens is 316 g/mol. The lowest BCUT2D eigenvalue weighted by Crippen LogP contribution is -2.16. The summed E-state index contributed by atoms with van der Waals surface area (Å²) in [5, 5.41) is 8.78. The zero-order chi connectivity index (χ0) is 15.5. The topological polar surface area (TPSA) is 59.3 Å². The number of aromatic nitrogens is 2. The van der Waals surface area contributed by atoms with E-state index in [0.29, 0.717) is 4.88 Å². The largest absolute Gasteiger partial charge is 0.294 e. The Bertz CT molecular complexity index is 801. The first kappa shape index (κ1) is 14.7. The van der Waals surface area contributed by atoms with Crippen molar-refractivity contribution in [1.29, 1.82) is 0 Å². The Labute approximate surface area is 136 Å². The molecule has 0 aromatic carbocycles. The number of carbonyl (C=O) groups is 1. The summed E-state index contributed by atoms with van der Waals surface area (Å²) in [5.74, 6) is -0.194. The monoisotopic (exact) mass is 330 g/mol. The van der Waals surface area contributed by atoms with Gasteiger partial charge in [0.15, 0.2) is 5.13 Å². The number of thiophene rings is 1. The Hall–Kier alpha value is -2.25. The van der Waals surface area contributed by atoms with Crippen LogP contribution < -0.4 is 5.43 Å². The van der Waals surface area contributed by atoms with Crippen LogP contribution in [0.3, 0.4) is 0 Å². The fraction of sp³-hybridized carbons (Fsp3) is 0.133. The average Bonchev–Trinajstić information content (AvgIpc) is 3.22. The van der Waals surface area contributed by atoms with Crippen LogP contribution in [0.25, 0.3) is 5.13 Å². The Kier molecular flexibility index (Phi) is 4.17. The van der Waals surface area contributed by atoms with Crippen molar-refractivity contribution in [2.24, 2.45) is 5.10 Å². The van der Waals surface area contributed by atoms with Crippen LogP contribution in [-0.2, 0) is 0 Å². The highest BCUT2D eigenvalue weighted by Gasteiger charge is 2.11. The molecule has 0 saturated heterocycles. The van der Waals surface area contributed by atoms with Crippen molar-refractivity contribution in [3.8, 4) is 5.13 Å². The molecule has 0 spiro atoms. The number of nitrogens with zero attached hydrogens (tertiary/aromatic N) is 3. The van der Waals surface area contributed by atoms with Crippen molar-refractivity contribution in [1.82, 2.24) is 15.0 Å². The predicted molar refractivity (Wildman–Crippen MR) is 90.3 cm³/mol. The molecule has 5 nitrogen and oxygen atoms in total. The number of amides is 1. The van der Waals surface area contributed by atoms with Crippen LogP contribution in [-0.4, -0.2) is 21.7 Å². The second-order valence-corrected chi connectivity index (χ2v) is 6.47. The SMILES string of the molecule is Cc1cc(/C=N\NC(=O)c2cccs2)c(C)n1-c1nccs1. The van der Waals surface area contributed by atoms with Crippen LogP contribution in [0.1, 0.15) is 26.6 Å². The number of aryl methyl sites for hydroxylation is 1. The molecule has 7 heteroatoms. The number of thiazole rings is 1. The maximum Gasteiger partial charge on any atom is 0.281 e. The highest BCUT2D eigenvalue weighted by atomic mass is 32.1. The number of hydrazone groups is 1. The first-order valence-electron chi connectivity index (χ1n) is 6.62. The molecular formula is C15H14N4OS2. The van der Waals surface area contributed by atoms with Gasteiger partial charge in [-0.05, 0) is 31.4 Å². The van der Waals surface area contributed by atoms with Gasteiger partial charge in [-0.3, -0.25) is 9.36 Å². The van der Waals surface area contributed by atoms with Crippen molar-refractivity contribution >= 4 is 34.8 Å².